The van der Waals surface area contributed by atoms with Gasteiger partial charge >= 0.3 is 35.8 Å². The zero-order chi connectivity index (χ0) is 67.3. The zero-order valence-corrected chi connectivity index (χ0v) is 56.2. The van der Waals surface area contributed by atoms with Gasteiger partial charge in [-0.3, -0.25) is 28.8 Å². The fourth-order valence-electron chi connectivity index (χ4n) is 11.9. The summed E-state index contributed by atoms with van der Waals surface area (Å²) in [4.78, 5) is 170. The van der Waals surface area contributed by atoms with Gasteiger partial charge in [0.15, 0.2) is 36.6 Å². The first-order valence-corrected chi connectivity index (χ1v) is 33.3. The number of ether oxygens (including phenoxy) is 6. The minimum Gasteiger partial charge on any atom is -0.451 e. The zero-order valence-electron chi connectivity index (χ0n) is 56.2. The predicted octanol–water partition coefficient (Wildman–Crippen LogP) is 6.29. The second kappa shape index (κ2) is 36.6. The Morgan fingerprint density at radius 3 is 0.611 bits per heavy atom. The van der Waals surface area contributed by atoms with Crippen molar-refractivity contribution in [3.63, 3.8) is 0 Å². The Bertz CT molecular complexity index is 2170. The van der Waals surface area contributed by atoms with Gasteiger partial charge in [0.1, 0.15) is 36.3 Å². The quantitative estimate of drug-likeness (QED) is 0.0924. The Hall–Kier alpha value is -6.36. The maximum Gasteiger partial charge on any atom is 0.329 e. The van der Waals surface area contributed by atoms with Crippen molar-refractivity contribution in [3.05, 3.63) is 0 Å². The average molecular weight is 1270 g/mol. The van der Waals surface area contributed by atoms with Crippen molar-refractivity contribution in [1.82, 2.24) is 31.9 Å². The smallest absolute Gasteiger partial charge is 0.329 e. The molecule has 0 aromatic carbocycles. The van der Waals surface area contributed by atoms with Gasteiger partial charge in [-0.2, -0.15) is 0 Å². The van der Waals surface area contributed by atoms with Crippen LogP contribution in [-0.2, 0) is 86.0 Å². The van der Waals surface area contributed by atoms with E-state index in [1.807, 2.05) is 0 Å². The normalized spacial score (nSPS) is 30.1. The number of rotatable bonds is 12. The summed E-state index contributed by atoms with van der Waals surface area (Å²) in [5.74, 6) is -15.1. The average Bonchev–Trinajstić information content (AvgIpc) is 1.44. The van der Waals surface area contributed by atoms with Gasteiger partial charge in [0.25, 0.3) is 35.4 Å². The molecule has 6 amide bonds. The molecule has 1 aliphatic heterocycles. The Morgan fingerprint density at radius 1 is 0.267 bits per heavy atom. The van der Waals surface area contributed by atoms with Crippen LogP contribution < -0.4 is 31.9 Å². The van der Waals surface area contributed by atoms with Crippen molar-refractivity contribution in [1.29, 1.82) is 0 Å². The lowest BCUT2D eigenvalue weighted by Gasteiger charge is -2.31. The van der Waals surface area contributed by atoms with E-state index in [1.54, 1.807) is 83.1 Å². The van der Waals surface area contributed by atoms with Crippen LogP contribution >= 0.6 is 0 Å². The van der Waals surface area contributed by atoms with Crippen LogP contribution in [0.25, 0.3) is 0 Å². The van der Waals surface area contributed by atoms with E-state index in [0.29, 0.717) is 0 Å². The Kier molecular flexibility index (Phi) is 31.0. The molecule has 24 nitrogen and oxygen atoms in total. The molecule has 1 heterocycles. The second-order valence-corrected chi connectivity index (χ2v) is 27.6. The number of hydrogen-bond donors (Lipinski definition) is 6. The summed E-state index contributed by atoms with van der Waals surface area (Å²) in [6.45, 7) is 23.5. The van der Waals surface area contributed by atoms with Gasteiger partial charge in [0, 0.05) is 0 Å². The van der Waals surface area contributed by atoms with Gasteiger partial charge in [0.2, 0.25) is 0 Å². The lowest BCUT2D eigenvalue weighted by Crippen LogP contribution is -2.55. The molecule has 0 spiro atoms. The van der Waals surface area contributed by atoms with Gasteiger partial charge in [0.05, 0.1) is 0 Å². The SMILES string of the molecule is CC(C)[C@@H]1NC(=O)[C@H](C)OC(=O)[C@@H](C(C)C)NC(=O)[C@@H](CC2CCCCC2)OC(=O)[C@H](C(C)C)NC(=O)[C@H](C)OC(=O)[C@@H](C(C)C)NC(=O)[C@@H](CC2CCCCC2)OC(=O)[C@H](C(C)C)NC(=O)[C@H](C)OC(=O)[C@@H](C(C)C)NC(=O)[C@@H](CC2CCCCC2)OC1=O. The monoisotopic (exact) mass is 1270 g/mol. The summed E-state index contributed by atoms with van der Waals surface area (Å²) in [6, 6.07) is -8.25. The third-order valence-corrected chi connectivity index (χ3v) is 17.8. The van der Waals surface area contributed by atoms with Crippen LogP contribution in [-0.4, -0.2) is 144 Å². The molecule has 3 aliphatic carbocycles. The minimum atomic E-state index is -1.54. The predicted molar refractivity (Wildman–Crippen MR) is 330 cm³/mol. The lowest BCUT2D eigenvalue weighted by atomic mass is 9.85. The molecule has 4 rings (SSSR count). The molecular weight excluding hydrogens is 1160 g/mol. The molecule has 90 heavy (non-hydrogen) atoms. The number of hydrogen-bond acceptors (Lipinski definition) is 18. The largest absolute Gasteiger partial charge is 0.451 e. The fraction of sp³-hybridized carbons (Fsp3) is 0.818. The minimum absolute atomic E-state index is 0.0391. The lowest BCUT2D eigenvalue weighted by molar-refractivity contribution is -0.166. The van der Waals surface area contributed by atoms with E-state index in [0.717, 1.165) is 96.3 Å². The van der Waals surface area contributed by atoms with E-state index in [9.17, 15) is 57.5 Å². The summed E-state index contributed by atoms with van der Waals surface area (Å²) in [5, 5.41) is 15.9. The third-order valence-electron chi connectivity index (χ3n) is 17.8. The summed E-state index contributed by atoms with van der Waals surface area (Å²) in [7, 11) is 0. The first-order valence-electron chi connectivity index (χ1n) is 33.3. The topological polar surface area (TPSA) is 332 Å². The highest BCUT2D eigenvalue weighted by molar-refractivity contribution is 5.95. The highest BCUT2D eigenvalue weighted by Crippen LogP contribution is 2.32. The van der Waals surface area contributed by atoms with Crippen LogP contribution in [0, 0.1) is 53.3 Å². The molecule has 1 saturated heterocycles. The van der Waals surface area contributed by atoms with Gasteiger partial charge < -0.3 is 60.3 Å². The molecule has 0 aromatic rings. The first kappa shape index (κ1) is 76.1. The molecule has 0 unspecified atom stereocenters. The molecular formula is C66H108N6O18. The molecule has 0 bridgehead atoms. The maximum absolute atomic E-state index is 14.4. The highest BCUT2D eigenvalue weighted by Gasteiger charge is 2.42. The summed E-state index contributed by atoms with van der Waals surface area (Å²) < 4.78 is 34.9. The van der Waals surface area contributed by atoms with Crippen LogP contribution in [0.5, 0.6) is 0 Å². The Labute approximate surface area is 532 Å². The molecule has 4 fully saturated rings. The van der Waals surface area contributed by atoms with Crippen molar-refractivity contribution in [3.8, 4) is 0 Å². The van der Waals surface area contributed by atoms with Crippen molar-refractivity contribution in [2.24, 2.45) is 53.3 Å². The van der Waals surface area contributed by atoms with Crippen LogP contribution in [0.3, 0.4) is 0 Å². The van der Waals surface area contributed by atoms with Crippen LogP contribution in [0.2, 0.25) is 0 Å². The van der Waals surface area contributed by atoms with E-state index in [1.165, 1.54) is 20.8 Å². The number of esters is 6. The summed E-state index contributed by atoms with van der Waals surface area (Å²) >= 11 is 0. The van der Waals surface area contributed by atoms with Crippen molar-refractivity contribution < 1.29 is 86.0 Å². The van der Waals surface area contributed by atoms with Crippen molar-refractivity contribution in [2.45, 2.75) is 292 Å². The number of nitrogens with one attached hydrogen (secondary N) is 6. The van der Waals surface area contributed by atoms with E-state index < -0.39 is 180 Å². The molecule has 0 radical (unpaired) electrons. The van der Waals surface area contributed by atoms with Crippen LogP contribution in [0.15, 0.2) is 0 Å². The van der Waals surface area contributed by atoms with Gasteiger partial charge in [-0.25, -0.2) is 28.8 Å². The van der Waals surface area contributed by atoms with Crippen molar-refractivity contribution in [2.75, 3.05) is 0 Å². The molecule has 3 saturated carbocycles. The van der Waals surface area contributed by atoms with Crippen LogP contribution in [0.1, 0.15) is 219 Å². The van der Waals surface area contributed by atoms with Crippen LogP contribution in [0.4, 0.5) is 0 Å². The second-order valence-electron chi connectivity index (χ2n) is 27.6. The van der Waals surface area contributed by atoms with Crippen molar-refractivity contribution >= 4 is 71.3 Å². The number of cyclic esters (lactones) is 6. The summed E-state index contributed by atoms with van der Waals surface area (Å²) in [6.07, 6.45) is 3.97. The van der Waals surface area contributed by atoms with Gasteiger partial charge in [-0.05, 0) is 93.3 Å². The molecule has 12 atom stereocenters. The standard InChI is InChI=1S/C66H108N6O18/c1-34(2)49-61(79)85-40(13)55(73)67-53(38(9)10)65(83)89-47(32-44-27-21-17-22-28-44)59(77)71-51(36(5)6)63(81)87-42(15)57(75)69-54(39(11)12)66(84)90-48(33-45-29-23-18-24-30-45)60(78)72-50(35(3)4)62(80)86-41(14)56(74)68-52(37(7)8)64(82)88-46(58(76)70-49)31-43-25-19-16-20-26-43/h34-54H,16-33H2,1-15H3,(H,67,73)(H,68,74)(H,69,75)(H,70,76)(H,71,77)(H,72,78)/t40-,41-,42-,46+,47+,48+,49+,50+,51+,52-,53-,54-/m0/s1. The Morgan fingerprint density at radius 2 is 0.433 bits per heavy atom. The highest BCUT2D eigenvalue weighted by atomic mass is 16.6. The van der Waals surface area contributed by atoms with Gasteiger partial charge in [-0.1, -0.05) is 179 Å². The number of amides is 6. The van der Waals surface area contributed by atoms with E-state index in [-0.39, 0.29) is 37.0 Å². The van der Waals surface area contributed by atoms with E-state index >= 15 is 0 Å². The molecule has 24 heteroatoms. The third kappa shape index (κ3) is 23.7. The fourth-order valence-corrected chi connectivity index (χ4v) is 11.9. The number of carbonyl (C=O) groups is 12. The summed E-state index contributed by atoms with van der Waals surface area (Å²) in [5.41, 5.74) is 0. The molecule has 510 valence electrons. The first-order chi connectivity index (χ1) is 42.3. The van der Waals surface area contributed by atoms with E-state index in [2.05, 4.69) is 31.9 Å². The number of carbonyl (C=O) groups excluding carboxylic acids is 12. The molecule has 4 aliphatic rings. The molecule has 6 N–H and O–H groups in total. The van der Waals surface area contributed by atoms with Gasteiger partial charge in [-0.15, -0.1) is 0 Å². The maximum atomic E-state index is 14.4. The Balaban J connectivity index is 1.76. The molecule has 0 aromatic heterocycles. The van der Waals surface area contributed by atoms with E-state index in [4.69, 9.17) is 28.4 Å².